The molecule has 0 saturated carbocycles. The summed E-state index contributed by atoms with van der Waals surface area (Å²) in [6, 6.07) is 0. The molecular weight excluding hydrogens is 166 g/mol. The van der Waals surface area contributed by atoms with Crippen LogP contribution in [0.25, 0.3) is 0 Å². The Bertz CT molecular complexity index is 128. The van der Waals surface area contributed by atoms with Crippen molar-refractivity contribution in [3.05, 3.63) is 0 Å². The number of hydrogen-bond acceptors (Lipinski definition) is 2. The molecule has 0 aromatic rings. The molecule has 0 aromatic carbocycles. The Morgan fingerprint density at radius 2 is 1.58 bits per heavy atom. The van der Waals surface area contributed by atoms with Crippen molar-refractivity contribution in [3.63, 3.8) is 0 Å². The van der Waals surface area contributed by atoms with E-state index in [1.54, 1.807) is 0 Å². The average Bonchev–Trinajstić information content (AvgIpc) is 2.10. The molecule has 0 aromatic heterocycles. The molecule has 0 fully saturated rings. The summed E-state index contributed by atoms with van der Waals surface area (Å²) in [7, 11) is 0. The average molecular weight is 185 g/mol. The highest BCUT2D eigenvalue weighted by molar-refractivity contribution is 7.78. The normalized spacial score (nSPS) is 9.42. The highest BCUT2D eigenvalue weighted by Gasteiger charge is 1.88. The number of aliphatic imine (C=N–C) groups is 1. The fraction of sp³-hybridized carbons (Fsp3) is 0.900. The van der Waals surface area contributed by atoms with Gasteiger partial charge in [-0.15, -0.1) is 0 Å². The first-order chi connectivity index (χ1) is 5.91. The molecule has 0 atom stereocenters. The van der Waals surface area contributed by atoms with E-state index in [0.29, 0.717) is 0 Å². The summed E-state index contributed by atoms with van der Waals surface area (Å²) >= 11 is 4.47. The number of nitrogens with zero attached hydrogens (tertiary/aromatic N) is 1. The standard InChI is InChI=1S/C10H19NS/c1-2-3-4-5-6-7-8-9-11-10-12/h2-9H2,1H3. The Labute approximate surface area is 81.3 Å². The molecule has 0 aliphatic heterocycles. The van der Waals surface area contributed by atoms with E-state index in [4.69, 9.17) is 0 Å². The van der Waals surface area contributed by atoms with Crippen LogP contribution in [0.15, 0.2) is 4.99 Å². The number of thiocarbonyl (C=S) groups is 1. The van der Waals surface area contributed by atoms with Crippen LogP contribution in [0.4, 0.5) is 0 Å². The summed E-state index contributed by atoms with van der Waals surface area (Å²) in [4.78, 5) is 3.87. The molecule has 70 valence electrons. The van der Waals surface area contributed by atoms with Crippen molar-refractivity contribution in [3.8, 4) is 0 Å². The number of isothiocyanates is 1. The molecule has 0 saturated heterocycles. The maximum Gasteiger partial charge on any atom is 0.0584 e. The quantitative estimate of drug-likeness (QED) is 0.318. The van der Waals surface area contributed by atoms with Crippen molar-refractivity contribution in [1.82, 2.24) is 0 Å². The van der Waals surface area contributed by atoms with E-state index in [9.17, 15) is 0 Å². The first-order valence-corrected chi connectivity index (χ1v) is 5.36. The lowest BCUT2D eigenvalue weighted by Gasteiger charge is -1.97. The van der Waals surface area contributed by atoms with Crippen molar-refractivity contribution in [2.75, 3.05) is 6.54 Å². The summed E-state index contributed by atoms with van der Waals surface area (Å²) in [5, 5.41) is 2.39. The van der Waals surface area contributed by atoms with Gasteiger partial charge in [-0.2, -0.15) is 0 Å². The highest BCUT2D eigenvalue weighted by Crippen LogP contribution is 2.06. The van der Waals surface area contributed by atoms with Gasteiger partial charge in [0, 0.05) is 6.54 Å². The van der Waals surface area contributed by atoms with Gasteiger partial charge in [0.25, 0.3) is 0 Å². The Balaban J connectivity index is 2.86. The molecule has 0 aliphatic carbocycles. The zero-order valence-electron chi connectivity index (χ0n) is 8.01. The van der Waals surface area contributed by atoms with Crippen LogP contribution < -0.4 is 0 Å². The monoisotopic (exact) mass is 185 g/mol. The van der Waals surface area contributed by atoms with Gasteiger partial charge in [0.05, 0.1) is 5.16 Å². The minimum absolute atomic E-state index is 0.872. The van der Waals surface area contributed by atoms with Crippen molar-refractivity contribution in [2.24, 2.45) is 4.99 Å². The second-order valence-electron chi connectivity index (χ2n) is 3.09. The van der Waals surface area contributed by atoms with E-state index in [1.807, 2.05) is 0 Å². The lowest BCUT2D eigenvalue weighted by atomic mass is 10.1. The fourth-order valence-corrected chi connectivity index (χ4v) is 1.28. The van der Waals surface area contributed by atoms with Gasteiger partial charge in [-0.1, -0.05) is 45.4 Å². The predicted octanol–water partition coefficient (Wildman–Crippen LogP) is 3.84. The summed E-state index contributed by atoms with van der Waals surface area (Å²) in [6.07, 6.45) is 9.32. The van der Waals surface area contributed by atoms with Gasteiger partial charge in [0.2, 0.25) is 0 Å². The van der Waals surface area contributed by atoms with Gasteiger partial charge in [-0.05, 0) is 18.6 Å². The third-order valence-corrected chi connectivity index (χ3v) is 2.07. The molecule has 1 nitrogen and oxygen atoms in total. The minimum atomic E-state index is 0.872. The molecule has 0 amide bonds. The van der Waals surface area contributed by atoms with E-state index in [-0.39, 0.29) is 0 Å². The Morgan fingerprint density at radius 1 is 1.00 bits per heavy atom. The van der Waals surface area contributed by atoms with Crippen LogP contribution in [0.1, 0.15) is 51.9 Å². The van der Waals surface area contributed by atoms with Crippen LogP contribution >= 0.6 is 12.2 Å². The molecule has 0 aliphatic rings. The van der Waals surface area contributed by atoms with Crippen LogP contribution in [0.2, 0.25) is 0 Å². The van der Waals surface area contributed by atoms with Crippen LogP contribution in [0, 0.1) is 0 Å². The highest BCUT2D eigenvalue weighted by atomic mass is 32.1. The van der Waals surface area contributed by atoms with Crippen molar-refractivity contribution >= 4 is 17.4 Å². The lowest BCUT2D eigenvalue weighted by molar-refractivity contribution is 0.593. The molecule has 0 heterocycles. The number of hydrogen-bond donors (Lipinski definition) is 0. The number of rotatable bonds is 8. The zero-order chi connectivity index (χ0) is 9.07. The van der Waals surface area contributed by atoms with E-state index in [1.165, 1.54) is 44.9 Å². The van der Waals surface area contributed by atoms with Gasteiger partial charge < -0.3 is 0 Å². The lowest BCUT2D eigenvalue weighted by Crippen LogP contribution is -1.82. The maximum atomic E-state index is 4.47. The molecule has 0 bridgehead atoms. The molecule has 0 spiro atoms. The van der Waals surface area contributed by atoms with E-state index in [2.05, 4.69) is 29.3 Å². The summed E-state index contributed by atoms with van der Waals surface area (Å²) in [5.41, 5.74) is 0. The third kappa shape index (κ3) is 9.80. The molecule has 12 heavy (non-hydrogen) atoms. The maximum absolute atomic E-state index is 4.47. The van der Waals surface area contributed by atoms with Gasteiger partial charge in [-0.3, -0.25) is 0 Å². The van der Waals surface area contributed by atoms with Crippen LogP contribution in [-0.4, -0.2) is 11.7 Å². The van der Waals surface area contributed by atoms with E-state index in [0.717, 1.165) is 6.54 Å². The zero-order valence-corrected chi connectivity index (χ0v) is 8.83. The van der Waals surface area contributed by atoms with Gasteiger partial charge >= 0.3 is 0 Å². The first kappa shape index (κ1) is 11.8. The first-order valence-electron chi connectivity index (χ1n) is 4.95. The predicted molar refractivity (Wildman–Crippen MR) is 57.9 cm³/mol. The van der Waals surface area contributed by atoms with Gasteiger partial charge in [0.15, 0.2) is 0 Å². The van der Waals surface area contributed by atoms with Crippen molar-refractivity contribution in [2.45, 2.75) is 51.9 Å². The topological polar surface area (TPSA) is 12.4 Å². The third-order valence-electron chi connectivity index (χ3n) is 1.94. The van der Waals surface area contributed by atoms with Gasteiger partial charge in [-0.25, -0.2) is 4.99 Å². The van der Waals surface area contributed by atoms with E-state index < -0.39 is 0 Å². The number of unbranched alkanes of at least 4 members (excludes halogenated alkanes) is 6. The van der Waals surface area contributed by atoms with Crippen LogP contribution in [0.3, 0.4) is 0 Å². The second-order valence-corrected chi connectivity index (χ2v) is 3.28. The molecule has 0 N–H and O–H groups in total. The molecule has 0 unspecified atom stereocenters. The molecule has 0 radical (unpaired) electrons. The summed E-state index contributed by atoms with van der Waals surface area (Å²) < 4.78 is 0. The van der Waals surface area contributed by atoms with Crippen LogP contribution in [0.5, 0.6) is 0 Å². The fourth-order valence-electron chi connectivity index (χ4n) is 1.19. The largest absolute Gasteiger partial charge is 0.233 e. The molecule has 0 rings (SSSR count). The second kappa shape index (κ2) is 10.8. The Hall–Kier alpha value is -0.200. The van der Waals surface area contributed by atoms with Gasteiger partial charge in [0.1, 0.15) is 0 Å². The Kier molecular flexibility index (Phi) is 10.6. The Morgan fingerprint density at radius 3 is 2.17 bits per heavy atom. The molecule has 2 heteroatoms. The van der Waals surface area contributed by atoms with Crippen LogP contribution in [-0.2, 0) is 0 Å². The minimum Gasteiger partial charge on any atom is -0.233 e. The SMILES string of the molecule is CCCCCCCCCN=C=S. The summed E-state index contributed by atoms with van der Waals surface area (Å²) in [5.74, 6) is 0. The van der Waals surface area contributed by atoms with Crippen molar-refractivity contribution in [1.29, 1.82) is 0 Å². The molecular formula is C10H19NS. The summed E-state index contributed by atoms with van der Waals surface area (Å²) in [6.45, 7) is 3.12. The smallest absolute Gasteiger partial charge is 0.0584 e. The van der Waals surface area contributed by atoms with E-state index >= 15 is 0 Å². The van der Waals surface area contributed by atoms with Crippen molar-refractivity contribution < 1.29 is 0 Å².